The SMILES string of the molecule is O=C(COc1ccc(Cl)cc1N1C(=O)[C@@H]2[C@@H](C1=O)[C@H]1C=C[C@H]2C1)c1ccccc1. The number of halogens is 1. The number of Topliss-reactive ketones (excluding diaryl/α,β-unsaturated/α-hetero) is 1. The van der Waals surface area contributed by atoms with Crippen molar-refractivity contribution in [1.29, 1.82) is 0 Å². The van der Waals surface area contributed by atoms with Crippen molar-refractivity contribution in [3.05, 3.63) is 71.3 Å². The van der Waals surface area contributed by atoms with Crippen LogP contribution in [0.1, 0.15) is 16.8 Å². The summed E-state index contributed by atoms with van der Waals surface area (Å²) in [7, 11) is 0. The van der Waals surface area contributed by atoms with Gasteiger partial charge in [-0.25, -0.2) is 4.90 Å². The van der Waals surface area contributed by atoms with Crippen molar-refractivity contribution in [2.75, 3.05) is 11.5 Å². The number of rotatable bonds is 5. The van der Waals surface area contributed by atoms with Crippen molar-refractivity contribution >= 4 is 34.9 Å². The summed E-state index contributed by atoms with van der Waals surface area (Å²) in [5.41, 5.74) is 0.843. The zero-order valence-electron chi connectivity index (χ0n) is 15.5. The number of hydrogen-bond acceptors (Lipinski definition) is 4. The Hall–Kier alpha value is -2.92. The van der Waals surface area contributed by atoms with Crippen LogP contribution in [0.3, 0.4) is 0 Å². The summed E-state index contributed by atoms with van der Waals surface area (Å²) in [6.45, 7) is -0.200. The van der Waals surface area contributed by atoms with E-state index in [-0.39, 0.29) is 47.9 Å². The van der Waals surface area contributed by atoms with Gasteiger partial charge in [0, 0.05) is 10.6 Å². The van der Waals surface area contributed by atoms with E-state index in [9.17, 15) is 14.4 Å². The van der Waals surface area contributed by atoms with Gasteiger partial charge in [-0.1, -0.05) is 54.1 Å². The van der Waals surface area contributed by atoms with Crippen molar-refractivity contribution in [2.45, 2.75) is 6.42 Å². The van der Waals surface area contributed by atoms with Gasteiger partial charge in [0.25, 0.3) is 0 Å². The third-order valence-electron chi connectivity index (χ3n) is 6.09. The highest BCUT2D eigenvalue weighted by atomic mass is 35.5. The van der Waals surface area contributed by atoms with E-state index in [4.69, 9.17) is 16.3 Å². The molecule has 0 N–H and O–H groups in total. The molecule has 3 aliphatic rings. The summed E-state index contributed by atoms with van der Waals surface area (Å²) in [5.74, 6) is -0.697. The molecule has 0 aromatic heterocycles. The molecule has 2 aromatic rings. The van der Waals surface area contributed by atoms with E-state index in [0.717, 1.165) is 6.42 Å². The van der Waals surface area contributed by atoms with Gasteiger partial charge in [-0.15, -0.1) is 0 Å². The van der Waals surface area contributed by atoms with Gasteiger partial charge in [-0.3, -0.25) is 14.4 Å². The minimum atomic E-state index is -0.310. The van der Waals surface area contributed by atoms with E-state index in [1.165, 1.54) is 4.90 Å². The van der Waals surface area contributed by atoms with Gasteiger partial charge < -0.3 is 4.74 Å². The van der Waals surface area contributed by atoms with E-state index in [1.807, 2.05) is 6.07 Å². The standard InChI is InChI=1S/C23H18ClNO4/c24-16-8-9-19(29-12-18(26)13-4-2-1-3-5-13)17(11-16)25-22(27)20-14-6-7-15(10-14)21(20)23(25)28/h1-9,11,14-15,20-21H,10,12H2/t14-,15-,20-,21-/m0/s1. The monoisotopic (exact) mass is 407 g/mol. The summed E-state index contributed by atoms with van der Waals surface area (Å²) in [5, 5.41) is 0.389. The average molecular weight is 408 g/mol. The molecule has 2 aliphatic carbocycles. The Labute approximate surface area is 172 Å². The van der Waals surface area contributed by atoms with Crippen molar-refractivity contribution < 1.29 is 19.1 Å². The van der Waals surface area contributed by atoms with Crippen LogP contribution in [0.5, 0.6) is 5.75 Å². The highest BCUT2D eigenvalue weighted by molar-refractivity contribution is 6.31. The van der Waals surface area contributed by atoms with Crippen LogP contribution in [-0.4, -0.2) is 24.2 Å². The zero-order chi connectivity index (χ0) is 20.1. The topological polar surface area (TPSA) is 63.7 Å². The number of nitrogens with zero attached hydrogens (tertiary/aromatic N) is 1. The smallest absolute Gasteiger partial charge is 0.238 e. The van der Waals surface area contributed by atoms with E-state index in [1.54, 1.807) is 42.5 Å². The maximum Gasteiger partial charge on any atom is 0.238 e. The van der Waals surface area contributed by atoms with Gasteiger partial charge in [0.2, 0.25) is 11.8 Å². The van der Waals surface area contributed by atoms with Crippen LogP contribution in [0.25, 0.3) is 0 Å². The second-order valence-electron chi connectivity index (χ2n) is 7.70. The van der Waals surface area contributed by atoms with Crippen molar-refractivity contribution in [2.24, 2.45) is 23.7 Å². The Balaban J connectivity index is 1.42. The van der Waals surface area contributed by atoms with Crippen LogP contribution >= 0.6 is 11.6 Å². The molecule has 4 atom stereocenters. The Bertz CT molecular complexity index is 1020. The quantitative estimate of drug-likeness (QED) is 0.428. The molecule has 2 aromatic carbocycles. The minimum absolute atomic E-state index is 0.120. The number of fused-ring (bicyclic) bond motifs is 5. The highest BCUT2D eigenvalue weighted by Gasteiger charge is 2.59. The third kappa shape index (κ3) is 2.88. The second-order valence-corrected chi connectivity index (χ2v) is 8.14. The van der Waals surface area contributed by atoms with E-state index in [2.05, 4.69) is 12.2 Å². The fraction of sp³-hybridized carbons (Fsp3) is 0.261. The first-order valence-electron chi connectivity index (χ1n) is 9.61. The summed E-state index contributed by atoms with van der Waals surface area (Å²) in [6.07, 6.45) is 4.97. The number of benzene rings is 2. The molecule has 0 spiro atoms. The molecular formula is C23H18ClNO4. The summed E-state index contributed by atoms with van der Waals surface area (Å²) in [4.78, 5) is 39.8. The van der Waals surface area contributed by atoms with E-state index >= 15 is 0 Å². The fourth-order valence-corrected chi connectivity index (χ4v) is 4.94. The van der Waals surface area contributed by atoms with Crippen LogP contribution in [0.4, 0.5) is 5.69 Å². The molecule has 146 valence electrons. The Morgan fingerprint density at radius 1 is 1.00 bits per heavy atom. The summed E-state index contributed by atoms with van der Waals surface area (Å²) < 4.78 is 5.74. The molecule has 5 nitrogen and oxygen atoms in total. The molecule has 1 saturated carbocycles. The molecule has 2 fully saturated rings. The number of carbonyl (C=O) groups is 3. The first-order chi connectivity index (χ1) is 14.0. The minimum Gasteiger partial charge on any atom is -0.483 e. The van der Waals surface area contributed by atoms with Crippen LogP contribution in [-0.2, 0) is 9.59 Å². The molecule has 1 saturated heterocycles. The van der Waals surface area contributed by atoms with Gasteiger partial charge in [0.1, 0.15) is 5.75 Å². The molecule has 2 amide bonds. The van der Waals surface area contributed by atoms with Gasteiger partial charge in [-0.05, 0) is 36.5 Å². The molecule has 2 bridgehead atoms. The van der Waals surface area contributed by atoms with Crippen molar-refractivity contribution in [1.82, 2.24) is 0 Å². The molecule has 5 rings (SSSR count). The van der Waals surface area contributed by atoms with Crippen molar-refractivity contribution in [3.8, 4) is 5.75 Å². The number of anilines is 1. The normalized spacial score (nSPS) is 26.9. The molecule has 1 heterocycles. The van der Waals surface area contributed by atoms with Crippen LogP contribution in [0.15, 0.2) is 60.7 Å². The number of carbonyl (C=O) groups excluding carboxylic acids is 3. The maximum absolute atomic E-state index is 13.1. The second kappa shape index (κ2) is 6.85. The van der Waals surface area contributed by atoms with E-state index < -0.39 is 0 Å². The molecule has 1 aliphatic heterocycles. The number of ketones is 1. The Kier molecular flexibility index (Phi) is 4.28. The van der Waals surface area contributed by atoms with Gasteiger partial charge in [0.15, 0.2) is 12.4 Å². The Morgan fingerprint density at radius 3 is 2.31 bits per heavy atom. The first kappa shape index (κ1) is 18.1. The number of imide groups is 1. The lowest BCUT2D eigenvalue weighted by Gasteiger charge is -2.21. The average Bonchev–Trinajstić information content (AvgIpc) is 3.41. The highest BCUT2D eigenvalue weighted by Crippen LogP contribution is 2.54. The van der Waals surface area contributed by atoms with E-state index in [0.29, 0.717) is 22.0 Å². The number of allylic oxidation sites excluding steroid dienone is 2. The van der Waals surface area contributed by atoms with Gasteiger partial charge >= 0.3 is 0 Å². The van der Waals surface area contributed by atoms with Crippen LogP contribution < -0.4 is 9.64 Å². The lowest BCUT2D eigenvalue weighted by molar-refractivity contribution is -0.123. The summed E-state index contributed by atoms with van der Waals surface area (Å²) in [6, 6.07) is 13.6. The Morgan fingerprint density at radius 2 is 1.66 bits per heavy atom. The zero-order valence-corrected chi connectivity index (χ0v) is 16.2. The maximum atomic E-state index is 13.1. The molecule has 29 heavy (non-hydrogen) atoms. The molecule has 0 unspecified atom stereocenters. The largest absolute Gasteiger partial charge is 0.483 e. The van der Waals surface area contributed by atoms with Crippen LogP contribution in [0.2, 0.25) is 5.02 Å². The molecule has 6 heteroatoms. The number of hydrogen-bond donors (Lipinski definition) is 0. The lowest BCUT2D eigenvalue weighted by atomic mass is 9.85. The van der Waals surface area contributed by atoms with Gasteiger partial charge in [0.05, 0.1) is 17.5 Å². The predicted octanol–water partition coefficient (Wildman–Crippen LogP) is 3.91. The third-order valence-corrected chi connectivity index (χ3v) is 6.32. The molecule has 0 radical (unpaired) electrons. The fourth-order valence-electron chi connectivity index (χ4n) is 4.78. The molecular weight excluding hydrogens is 390 g/mol. The predicted molar refractivity (Wildman–Crippen MR) is 108 cm³/mol. The lowest BCUT2D eigenvalue weighted by Crippen LogP contribution is -2.33. The number of amides is 2. The van der Waals surface area contributed by atoms with Crippen molar-refractivity contribution in [3.63, 3.8) is 0 Å². The summed E-state index contributed by atoms with van der Waals surface area (Å²) >= 11 is 6.16. The van der Waals surface area contributed by atoms with Gasteiger partial charge in [-0.2, -0.15) is 0 Å². The first-order valence-corrected chi connectivity index (χ1v) is 9.99. The number of ether oxygens (including phenoxy) is 1. The van der Waals surface area contributed by atoms with Crippen LogP contribution in [0, 0.1) is 23.7 Å².